The van der Waals surface area contributed by atoms with Crippen molar-refractivity contribution in [1.82, 2.24) is 9.97 Å². The van der Waals surface area contributed by atoms with Crippen LogP contribution in [-0.2, 0) is 6.42 Å². The van der Waals surface area contributed by atoms with E-state index in [2.05, 4.69) is 53.9 Å². The smallest absolute Gasteiger partial charge is 0.0848 e. The third-order valence-electron chi connectivity index (χ3n) is 3.90. The maximum atomic E-state index is 4.51. The molecule has 0 spiro atoms. The Hall–Kier alpha value is -2.55. The Bertz CT molecular complexity index is 850. The Kier molecular flexibility index (Phi) is 4.47. The van der Waals surface area contributed by atoms with Crippen LogP contribution in [0.1, 0.15) is 25.1 Å². The van der Waals surface area contributed by atoms with E-state index in [1.807, 2.05) is 36.7 Å². The maximum Gasteiger partial charge on any atom is 0.0848 e. The van der Waals surface area contributed by atoms with E-state index >= 15 is 0 Å². The van der Waals surface area contributed by atoms with E-state index in [1.165, 1.54) is 16.7 Å². The number of pyridine rings is 2. The molecule has 0 radical (unpaired) electrons. The molecule has 3 heteroatoms. The van der Waals surface area contributed by atoms with Gasteiger partial charge in [0.25, 0.3) is 0 Å². The van der Waals surface area contributed by atoms with Gasteiger partial charge in [0.2, 0.25) is 0 Å². The molecule has 0 unspecified atom stereocenters. The lowest BCUT2D eigenvalue weighted by molar-refractivity contribution is 0.868. The first-order valence-electron chi connectivity index (χ1n) is 7.96. The molecule has 1 aliphatic rings. The number of aromatic nitrogens is 2. The number of rotatable bonds is 1. The molecule has 0 atom stereocenters. The summed E-state index contributed by atoms with van der Waals surface area (Å²) >= 11 is 0. The highest BCUT2D eigenvalue weighted by Crippen LogP contribution is 2.26. The van der Waals surface area contributed by atoms with Crippen LogP contribution in [0.4, 0.5) is 5.69 Å². The normalized spacial score (nSPS) is 12.6. The summed E-state index contributed by atoms with van der Waals surface area (Å²) in [6.07, 6.45) is 4.59. The van der Waals surface area contributed by atoms with Gasteiger partial charge in [-0.3, -0.25) is 15.0 Å². The van der Waals surface area contributed by atoms with E-state index in [0.29, 0.717) is 5.92 Å². The van der Waals surface area contributed by atoms with Crippen molar-refractivity contribution in [2.45, 2.75) is 27.2 Å². The minimum atomic E-state index is 0.541. The second-order valence-electron chi connectivity index (χ2n) is 6.10. The minimum absolute atomic E-state index is 0.541. The fourth-order valence-corrected chi connectivity index (χ4v) is 2.56. The molecule has 0 saturated carbocycles. The summed E-state index contributed by atoms with van der Waals surface area (Å²) in [5, 5.41) is 1.22. The molecule has 3 aromatic rings. The van der Waals surface area contributed by atoms with E-state index in [1.54, 1.807) is 0 Å². The number of hydrogen-bond donors (Lipinski definition) is 0. The molecular formula is C20H21N3. The zero-order valence-electron chi connectivity index (χ0n) is 13.8. The second kappa shape index (κ2) is 6.69. The number of aryl methyl sites for hydroxylation is 1. The summed E-state index contributed by atoms with van der Waals surface area (Å²) in [6.45, 7) is 6.43. The highest BCUT2D eigenvalue weighted by Gasteiger charge is 2.16. The molecule has 0 N–H and O–H groups in total. The van der Waals surface area contributed by atoms with Gasteiger partial charge >= 0.3 is 0 Å². The van der Waals surface area contributed by atoms with Crippen molar-refractivity contribution in [3.8, 4) is 0 Å². The van der Waals surface area contributed by atoms with Gasteiger partial charge in [-0.05, 0) is 43.2 Å². The summed E-state index contributed by atoms with van der Waals surface area (Å²) < 4.78 is 0. The molecule has 0 bridgehead atoms. The number of fused-ring (bicyclic) bond motifs is 2. The highest BCUT2D eigenvalue weighted by atomic mass is 14.9. The summed E-state index contributed by atoms with van der Waals surface area (Å²) in [5.74, 6) is 0.541. The number of aliphatic imine (C=N–C) groups is 1. The Morgan fingerprint density at radius 1 is 0.957 bits per heavy atom. The van der Waals surface area contributed by atoms with E-state index < -0.39 is 0 Å². The number of nitrogens with zero attached hydrogens (tertiary/aromatic N) is 3. The van der Waals surface area contributed by atoms with E-state index in [-0.39, 0.29) is 0 Å². The fraction of sp³-hybridized carbons (Fsp3) is 0.250. The lowest BCUT2D eigenvalue weighted by Crippen LogP contribution is -2.06. The standard InChI is InChI=1S/C10H12N2.C10H9N/c1-7(2)9-6-10-8(12-9)4-3-5-11-10;1-8-4-5-10-9(7-8)3-2-6-11-10/h3-5,7H,6H2,1-2H3;2-7H,1H3. The lowest BCUT2D eigenvalue weighted by Gasteiger charge is -2.00. The van der Waals surface area contributed by atoms with Gasteiger partial charge in [-0.2, -0.15) is 0 Å². The van der Waals surface area contributed by atoms with Crippen LogP contribution in [0, 0.1) is 12.8 Å². The molecular weight excluding hydrogens is 282 g/mol. The third-order valence-corrected chi connectivity index (χ3v) is 3.90. The van der Waals surface area contributed by atoms with Crippen LogP contribution in [0.15, 0.2) is 59.9 Å². The molecule has 0 fully saturated rings. The molecule has 4 rings (SSSR count). The molecule has 0 amide bonds. The zero-order chi connectivity index (χ0) is 16.2. The van der Waals surface area contributed by atoms with Crippen molar-refractivity contribution in [1.29, 1.82) is 0 Å². The van der Waals surface area contributed by atoms with E-state index in [9.17, 15) is 0 Å². The lowest BCUT2D eigenvalue weighted by atomic mass is 10.1. The topological polar surface area (TPSA) is 38.1 Å². The second-order valence-corrected chi connectivity index (χ2v) is 6.10. The first-order valence-corrected chi connectivity index (χ1v) is 7.96. The van der Waals surface area contributed by atoms with E-state index in [4.69, 9.17) is 0 Å². The van der Waals surface area contributed by atoms with Crippen LogP contribution >= 0.6 is 0 Å². The van der Waals surface area contributed by atoms with Gasteiger partial charge < -0.3 is 0 Å². The molecule has 116 valence electrons. The number of benzene rings is 1. The monoisotopic (exact) mass is 303 g/mol. The minimum Gasteiger partial charge on any atom is -0.259 e. The van der Waals surface area contributed by atoms with Gasteiger partial charge in [-0.15, -0.1) is 0 Å². The maximum absolute atomic E-state index is 4.51. The third kappa shape index (κ3) is 3.62. The largest absolute Gasteiger partial charge is 0.259 e. The van der Waals surface area contributed by atoms with Crippen molar-refractivity contribution >= 4 is 22.3 Å². The van der Waals surface area contributed by atoms with Gasteiger partial charge in [0.1, 0.15) is 0 Å². The van der Waals surface area contributed by atoms with Crippen molar-refractivity contribution in [3.05, 3.63) is 66.1 Å². The Balaban J connectivity index is 0.000000136. The summed E-state index contributed by atoms with van der Waals surface area (Å²) in [4.78, 5) is 13.0. The van der Waals surface area contributed by atoms with Gasteiger partial charge in [0, 0.05) is 29.9 Å². The molecule has 3 nitrogen and oxygen atoms in total. The van der Waals surface area contributed by atoms with Gasteiger partial charge in [0.05, 0.1) is 16.9 Å². The van der Waals surface area contributed by atoms with Crippen LogP contribution in [0.25, 0.3) is 10.9 Å². The molecule has 1 aromatic carbocycles. The Morgan fingerprint density at radius 2 is 1.74 bits per heavy atom. The van der Waals surface area contributed by atoms with Crippen LogP contribution in [-0.4, -0.2) is 15.7 Å². The van der Waals surface area contributed by atoms with E-state index in [0.717, 1.165) is 23.3 Å². The zero-order valence-corrected chi connectivity index (χ0v) is 13.8. The fourth-order valence-electron chi connectivity index (χ4n) is 2.56. The van der Waals surface area contributed by atoms with Gasteiger partial charge in [-0.1, -0.05) is 31.5 Å². The van der Waals surface area contributed by atoms with Crippen LogP contribution in [0.3, 0.4) is 0 Å². The van der Waals surface area contributed by atoms with Crippen LogP contribution < -0.4 is 0 Å². The molecule has 2 aromatic heterocycles. The molecule has 3 heterocycles. The first-order chi connectivity index (χ1) is 11.1. The molecule has 1 aliphatic heterocycles. The van der Waals surface area contributed by atoms with Gasteiger partial charge in [0.15, 0.2) is 0 Å². The summed E-state index contributed by atoms with van der Waals surface area (Å²) in [5.41, 5.74) is 5.79. The SMILES string of the molecule is CC(C)C1=Nc2cccnc2C1.Cc1ccc2ncccc2c1. The average molecular weight is 303 g/mol. The average Bonchev–Trinajstić information content (AvgIpc) is 3.00. The molecule has 23 heavy (non-hydrogen) atoms. The van der Waals surface area contributed by atoms with Crippen molar-refractivity contribution in [2.24, 2.45) is 10.9 Å². The van der Waals surface area contributed by atoms with Crippen molar-refractivity contribution in [3.63, 3.8) is 0 Å². The quantitative estimate of drug-likeness (QED) is 0.640. The summed E-state index contributed by atoms with van der Waals surface area (Å²) in [6, 6.07) is 14.3. The Labute approximate surface area is 137 Å². The van der Waals surface area contributed by atoms with Gasteiger partial charge in [-0.25, -0.2) is 0 Å². The van der Waals surface area contributed by atoms with Crippen molar-refractivity contribution in [2.75, 3.05) is 0 Å². The first kappa shape index (κ1) is 15.3. The Morgan fingerprint density at radius 3 is 2.52 bits per heavy atom. The predicted molar refractivity (Wildman–Crippen MR) is 96.4 cm³/mol. The van der Waals surface area contributed by atoms with Crippen LogP contribution in [0.5, 0.6) is 0 Å². The van der Waals surface area contributed by atoms with Crippen LogP contribution in [0.2, 0.25) is 0 Å². The van der Waals surface area contributed by atoms with Crippen molar-refractivity contribution < 1.29 is 0 Å². The highest BCUT2D eigenvalue weighted by molar-refractivity contribution is 5.94. The molecule has 0 saturated heterocycles. The summed E-state index contributed by atoms with van der Waals surface area (Å²) in [7, 11) is 0. The number of hydrogen-bond acceptors (Lipinski definition) is 3. The molecule has 0 aliphatic carbocycles. The predicted octanol–water partition coefficient (Wildman–Crippen LogP) is 4.91.